The van der Waals surface area contributed by atoms with Crippen molar-refractivity contribution < 1.29 is 4.79 Å². The molecule has 0 saturated heterocycles. The molecule has 0 spiro atoms. The number of hydrogen-bond acceptors (Lipinski definition) is 3. The van der Waals surface area contributed by atoms with Crippen molar-refractivity contribution in [3.05, 3.63) is 45.3 Å². The van der Waals surface area contributed by atoms with Crippen LogP contribution >= 0.6 is 0 Å². The van der Waals surface area contributed by atoms with Gasteiger partial charge in [0.1, 0.15) is 5.54 Å². The lowest BCUT2D eigenvalue weighted by Gasteiger charge is -2.30. The minimum absolute atomic E-state index is 0.394. The number of rotatable bonds is 7. The lowest BCUT2D eigenvalue weighted by molar-refractivity contribution is -0.124. The number of azide groups is 1. The number of nitrogens with one attached hydrogen (secondary N) is 1. The molecule has 1 unspecified atom stereocenters. The zero-order valence-corrected chi connectivity index (χ0v) is 12.2. The van der Waals surface area contributed by atoms with E-state index in [-0.39, 0.29) is 0 Å². The molecular weight excluding hydrogens is 254 g/mol. The van der Waals surface area contributed by atoms with E-state index in [2.05, 4.69) is 15.3 Å². The molecule has 108 valence electrons. The number of benzene rings is 1. The van der Waals surface area contributed by atoms with Crippen LogP contribution in [0.3, 0.4) is 0 Å². The molecule has 20 heavy (non-hydrogen) atoms. The van der Waals surface area contributed by atoms with Crippen molar-refractivity contribution >= 4 is 5.91 Å². The largest absolute Gasteiger partial charge is 0.368 e. The SMILES string of the molecule is Cc1ccc(C)c(C(C)(NCCCN=[N+]=[N-])C(N)=O)c1. The normalized spacial score (nSPS) is 13.3. The first kappa shape index (κ1) is 16.0. The smallest absolute Gasteiger partial charge is 0.242 e. The Morgan fingerprint density at radius 2 is 2.20 bits per heavy atom. The van der Waals surface area contributed by atoms with Crippen molar-refractivity contribution in [1.82, 2.24) is 5.32 Å². The van der Waals surface area contributed by atoms with Gasteiger partial charge in [0.15, 0.2) is 0 Å². The second-order valence-electron chi connectivity index (χ2n) is 5.04. The number of amides is 1. The maximum atomic E-state index is 11.9. The van der Waals surface area contributed by atoms with Crippen LogP contribution in [0.5, 0.6) is 0 Å². The van der Waals surface area contributed by atoms with Crippen molar-refractivity contribution in [2.45, 2.75) is 32.7 Å². The van der Waals surface area contributed by atoms with E-state index in [1.165, 1.54) is 0 Å². The van der Waals surface area contributed by atoms with Gasteiger partial charge in [-0.05, 0) is 50.4 Å². The van der Waals surface area contributed by atoms with E-state index in [9.17, 15) is 4.79 Å². The van der Waals surface area contributed by atoms with Gasteiger partial charge in [0.05, 0.1) is 0 Å². The molecule has 0 saturated carbocycles. The topological polar surface area (TPSA) is 104 Å². The predicted molar refractivity (Wildman–Crippen MR) is 79.1 cm³/mol. The molecule has 1 rings (SSSR count). The molecule has 0 aromatic heterocycles. The quantitative estimate of drug-likeness (QED) is 0.345. The fraction of sp³-hybridized carbons (Fsp3) is 0.500. The standard InChI is InChI=1S/C14H21N5O/c1-10-5-6-11(2)12(9-10)14(3,13(15)20)17-7-4-8-18-19-16/h5-6,9,17H,4,7-8H2,1-3H3,(H2,15,20). The van der Waals surface area contributed by atoms with E-state index in [0.29, 0.717) is 19.5 Å². The summed E-state index contributed by atoms with van der Waals surface area (Å²) >= 11 is 0. The Bertz CT molecular complexity index is 536. The summed E-state index contributed by atoms with van der Waals surface area (Å²) in [6, 6.07) is 5.95. The van der Waals surface area contributed by atoms with Gasteiger partial charge < -0.3 is 5.73 Å². The monoisotopic (exact) mass is 275 g/mol. The number of aryl methyl sites for hydroxylation is 2. The Hall–Kier alpha value is -2.04. The Labute approximate surface area is 119 Å². The molecule has 0 fully saturated rings. The Morgan fingerprint density at radius 1 is 1.50 bits per heavy atom. The van der Waals surface area contributed by atoms with E-state index < -0.39 is 11.4 Å². The molecule has 1 amide bonds. The fourth-order valence-corrected chi connectivity index (χ4v) is 2.12. The van der Waals surface area contributed by atoms with Crippen LogP contribution in [0.15, 0.2) is 23.3 Å². The van der Waals surface area contributed by atoms with Crippen LogP contribution in [0.4, 0.5) is 0 Å². The summed E-state index contributed by atoms with van der Waals surface area (Å²) in [5.41, 5.74) is 15.9. The molecule has 0 aliphatic rings. The fourth-order valence-electron chi connectivity index (χ4n) is 2.12. The minimum Gasteiger partial charge on any atom is -0.368 e. The van der Waals surface area contributed by atoms with Gasteiger partial charge in [-0.3, -0.25) is 10.1 Å². The third kappa shape index (κ3) is 3.73. The molecule has 1 aromatic rings. The Balaban J connectivity index is 2.93. The molecule has 6 heteroatoms. The molecule has 0 bridgehead atoms. The average molecular weight is 275 g/mol. The zero-order chi connectivity index (χ0) is 15.2. The van der Waals surface area contributed by atoms with Crippen molar-refractivity contribution in [3.63, 3.8) is 0 Å². The number of carbonyl (C=O) groups excluding carboxylic acids is 1. The second-order valence-corrected chi connectivity index (χ2v) is 5.04. The Morgan fingerprint density at radius 3 is 2.80 bits per heavy atom. The molecule has 1 atom stereocenters. The molecular formula is C14H21N5O. The van der Waals surface area contributed by atoms with Gasteiger partial charge >= 0.3 is 0 Å². The van der Waals surface area contributed by atoms with Gasteiger partial charge in [0.2, 0.25) is 5.91 Å². The van der Waals surface area contributed by atoms with Crippen LogP contribution in [0, 0.1) is 13.8 Å². The molecule has 3 N–H and O–H groups in total. The zero-order valence-electron chi connectivity index (χ0n) is 12.2. The van der Waals surface area contributed by atoms with Crippen LogP contribution in [0.1, 0.15) is 30.0 Å². The highest BCUT2D eigenvalue weighted by Crippen LogP contribution is 2.25. The van der Waals surface area contributed by atoms with Crippen LogP contribution in [0.25, 0.3) is 10.4 Å². The summed E-state index contributed by atoms with van der Waals surface area (Å²) in [5, 5.41) is 6.65. The van der Waals surface area contributed by atoms with Gasteiger partial charge in [-0.1, -0.05) is 28.9 Å². The number of hydrogen-bond donors (Lipinski definition) is 2. The minimum atomic E-state index is -0.924. The number of nitrogens with zero attached hydrogens (tertiary/aromatic N) is 3. The number of nitrogens with two attached hydrogens (primary N) is 1. The van der Waals surface area contributed by atoms with Crippen LogP contribution in [-0.4, -0.2) is 19.0 Å². The Kier molecular flexibility index (Phi) is 5.55. The van der Waals surface area contributed by atoms with E-state index in [4.69, 9.17) is 11.3 Å². The number of carbonyl (C=O) groups is 1. The lowest BCUT2D eigenvalue weighted by Crippen LogP contribution is -2.51. The highest BCUT2D eigenvalue weighted by Gasteiger charge is 2.33. The third-order valence-electron chi connectivity index (χ3n) is 3.40. The van der Waals surface area contributed by atoms with Crippen molar-refractivity contribution in [2.75, 3.05) is 13.1 Å². The van der Waals surface area contributed by atoms with Gasteiger partial charge in [0, 0.05) is 11.5 Å². The van der Waals surface area contributed by atoms with Crippen LogP contribution in [0.2, 0.25) is 0 Å². The maximum absolute atomic E-state index is 11.9. The third-order valence-corrected chi connectivity index (χ3v) is 3.40. The highest BCUT2D eigenvalue weighted by molar-refractivity contribution is 5.86. The maximum Gasteiger partial charge on any atom is 0.242 e. The van der Waals surface area contributed by atoms with Gasteiger partial charge in [-0.25, -0.2) is 0 Å². The summed E-state index contributed by atoms with van der Waals surface area (Å²) < 4.78 is 0. The lowest BCUT2D eigenvalue weighted by atomic mass is 9.86. The first-order valence-corrected chi connectivity index (χ1v) is 6.55. The van der Waals surface area contributed by atoms with E-state index in [1.54, 1.807) is 6.92 Å². The van der Waals surface area contributed by atoms with Gasteiger partial charge in [-0.2, -0.15) is 0 Å². The van der Waals surface area contributed by atoms with Crippen LogP contribution in [-0.2, 0) is 10.3 Å². The summed E-state index contributed by atoms with van der Waals surface area (Å²) in [4.78, 5) is 14.6. The molecule has 0 radical (unpaired) electrons. The van der Waals surface area contributed by atoms with Gasteiger partial charge in [0.25, 0.3) is 0 Å². The first-order valence-electron chi connectivity index (χ1n) is 6.55. The molecule has 0 aliphatic carbocycles. The molecule has 1 aromatic carbocycles. The summed E-state index contributed by atoms with van der Waals surface area (Å²) in [5.74, 6) is -0.421. The summed E-state index contributed by atoms with van der Waals surface area (Å²) in [6.45, 7) is 6.66. The van der Waals surface area contributed by atoms with Crippen molar-refractivity contribution in [2.24, 2.45) is 10.8 Å². The summed E-state index contributed by atoms with van der Waals surface area (Å²) in [7, 11) is 0. The number of primary amides is 1. The molecule has 0 heterocycles. The molecule has 0 aliphatic heterocycles. The second kappa shape index (κ2) is 6.93. The average Bonchev–Trinajstić information content (AvgIpc) is 2.40. The van der Waals surface area contributed by atoms with E-state index >= 15 is 0 Å². The summed E-state index contributed by atoms with van der Waals surface area (Å²) in [6.07, 6.45) is 0.651. The van der Waals surface area contributed by atoms with Gasteiger partial charge in [-0.15, -0.1) is 0 Å². The van der Waals surface area contributed by atoms with Crippen molar-refractivity contribution in [1.29, 1.82) is 0 Å². The van der Waals surface area contributed by atoms with Crippen LogP contribution < -0.4 is 11.1 Å². The van der Waals surface area contributed by atoms with E-state index in [1.807, 2.05) is 32.0 Å². The van der Waals surface area contributed by atoms with Crippen molar-refractivity contribution in [3.8, 4) is 0 Å². The highest BCUT2D eigenvalue weighted by atomic mass is 16.1. The predicted octanol–water partition coefficient (Wildman–Crippen LogP) is 2.29. The van der Waals surface area contributed by atoms with E-state index in [0.717, 1.165) is 16.7 Å². The first-order chi connectivity index (χ1) is 9.41. The molecule has 6 nitrogen and oxygen atoms in total.